The van der Waals surface area contributed by atoms with Crippen LogP contribution in [-0.4, -0.2) is 18.4 Å². The van der Waals surface area contributed by atoms with Crippen molar-refractivity contribution in [1.29, 1.82) is 0 Å². The highest BCUT2D eigenvalue weighted by Crippen LogP contribution is 2.19. The number of ether oxygens (including phenoxy) is 1. The number of carbonyl (C=O) groups excluding carboxylic acids is 2. The number of carbonyl (C=O) groups is 2. The lowest BCUT2D eigenvalue weighted by atomic mass is 9.89. The van der Waals surface area contributed by atoms with Crippen molar-refractivity contribution in [1.82, 2.24) is 0 Å². The number of rotatable bonds is 6. The van der Waals surface area contributed by atoms with Gasteiger partial charge in [-0.2, -0.15) is 0 Å². The first-order valence-corrected chi connectivity index (χ1v) is 7.44. The van der Waals surface area contributed by atoms with Gasteiger partial charge < -0.3 is 4.74 Å². The summed E-state index contributed by atoms with van der Waals surface area (Å²) in [4.78, 5) is 24.9. The minimum Gasteiger partial charge on any atom is -0.465 e. The van der Waals surface area contributed by atoms with Gasteiger partial charge in [-0.25, -0.2) is 0 Å². The lowest BCUT2D eigenvalue weighted by molar-refractivity contribution is -0.146. The summed E-state index contributed by atoms with van der Waals surface area (Å²) in [7, 11) is 0. The molecule has 2 aromatic rings. The average Bonchev–Trinajstić information content (AvgIpc) is 2.54. The fraction of sp³-hybridized carbons (Fsp3) is 0.263. The third-order valence-corrected chi connectivity index (χ3v) is 3.63. The lowest BCUT2D eigenvalue weighted by Crippen LogP contribution is -2.28. The number of esters is 1. The van der Waals surface area contributed by atoms with E-state index in [0.717, 1.165) is 11.1 Å². The number of benzene rings is 2. The summed E-state index contributed by atoms with van der Waals surface area (Å²) in [6.45, 7) is 3.99. The summed E-state index contributed by atoms with van der Waals surface area (Å²) in [5.74, 6) is -1.45. The first kappa shape index (κ1) is 16.0. The number of aryl methyl sites for hydroxylation is 1. The topological polar surface area (TPSA) is 43.4 Å². The molecule has 0 saturated heterocycles. The molecule has 0 spiro atoms. The third-order valence-electron chi connectivity index (χ3n) is 3.63. The third kappa shape index (κ3) is 3.82. The van der Waals surface area contributed by atoms with E-state index in [1.165, 1.54) is 0 Å². The maximum absolute atomic E-state index is 12.7. The Hall–Kier alpha value is -2.42. The zero-order valence-electron chi connectivity index (χ0n) is 12.9. The van der Waals surface area contributed by atoms with Crippen LogP contribution < -0.4 is 0 Å². The second kappa shape index (κ2) is 7.55. The van der Waals surface area contributed by atoms with E-state index >= 15 is 0 Å². The smallest absolute Gasteiger partial charge is 0.317 e. The van der Waals surface area contributed by atoms with Gasteiger partial charge in [0.15, 0.2) is 5.78 Å². The molecule has 2 rings (SSSR count). The summed E-state index contributed by atoms with van der Waals surface area (Å²) in [6, 6.07) is 16.7. The van der Waals surface area contributed by atoms with Crippen LogP contribution in [0.3, 0.4) is 0 Å². The minimum absolute atomic E-state index is 0.192. The summed E-state index contributed by atoms with van der Waals surface area (Å²) < 4.78 is 5.10. The molecule has 1 unspecified atom stereocenters. The second-order valence-electron chi connectivity index (χ2n) is 5.17. The highest BCUT2D eigenvalue weighted by atomic mass is 16.5. The van der Waals surface area contributed by atoms with Crippen molar-refractivity contribution >= 4 is 11.8 Å². The van der Waals surface area contributed by atoms with Crippen LogP contribution in [0.25, 0.3) is 0 Å². The molecule has 0 fully saturated rings. The Morgan fingerprint density at radius 2 is 1.64 bits per heavy atom. The van der Waals surface area contributed by atoms with Crippen LogP contribution >= 0.6 is 0 Å². The van der Waals surface area contributed by atoms with Gasteiger partial charge in [0.25, 0.3) is 0 Å². The van der Waals surface area contributed by atoms with E-state index in [9.17, 15) is 9.59 Å². The van der Waals surface area contributed by atoms with Crippen LogP contribution in [0, 0.1) is 12.8 Å². The van der Waals surface area contributed by atoms with Crippen molar-refractivity contribution in [3.63, 3.8) is 0 Å². The lowest BCUT2D eigenvalue weighted by Gasteiger charge is -2.16. The van der Waals surface area contributed by atoms with Crippen molar-refractivity contribution in [2.45, 2.75) is 20.3 Å². The number of ketones is 1. The Balaban J connectivity index is 2.29. The molecule has 0 aliphatic rings. The SMILES string of the molecule is CCOC(=O)C(Cc1ccccc1C)C(=O)c1ccccc1. The van der Waals surface area contributed by atoms with Gasteiger partial charge >= 0.3 is 5.97 Å². The minimum atomic E-state index is -0.802. The largest absolute Gasteiger partial charge is 0.465 e. The van der Waals surface area contributed by atoms with E-state index in [-0.39, 0.29) is 12.4 Å². The number of Topliss-reactive ketones (excluding diaryl/α,β-unsaturated/α-hetero) is 1. The van der Waals surface area contributed by atoms with Gasteiger partial charge in [-0.1, -0.05) is 54.6 Å². The van der Waals surface area contributed by atoms with Gasteiger partial charge in [-0.05, 0) is 31.4 Å². The summed E-state index contributed by atoms with van der Waals surface area (Å²) in [5.41, 5.74) is 2.59. The molecular formula is C19H20O3. The molecule has 0 radical (unpaired) electrons. The van der Waals surface area contributed by atoms with Crippen LogP contribution in [0.4, 0.5) is 0 Å². The van der Waals surface area contributed by atoms with Gasteiger partial charge in [0, 0.05) is 5.56 Å². The summed E-state index contributed by atoms with van der Waals surface area (Å²) in [5, 5.41) is 0. The Kier molecular flexibility index (Phi) is 5.48. The molecule has 0 heterocycles. The maximum atomic E-state index is 12.7. The molecule has 0 aliphatic carbocycles. The van der Waals surface area contributed by atoms with Gasteiger partial charge in [0.2, 0.25) is 0 Å². The average molecular weight is 296 g/mol. The zero-order chi connectivity index (χ0) is 15.9. The predicted molar refractivity (Wildman–Crippen MR) is 85.8 cm³/mol. The fourth-order valence-corrected chi connectivity index (χ4v) is 2.39. The monoisotopic (exact) mass is 296 g/mol. The Morgan fingerprint density at radius 3 is 2.27 bits per heavy atom. The molecule has 0 saturated carbocycles. The van der Waals surface area contributed by atoms with Crippen molar-refractivity contribution in [2.75, 3.05) is 6.61 Å². The van der Waals surface area contributed by atoms with Crippen LogP contribution in [0.2, 0.25) is 0 Å². The highest BCUT2D eigenvalue weighted by molar-refractivity contribution is 6.08. The van der Waals surface area contributed by atoms with E-state index in [1.807, 2.05) is 37.3 Å². The normalized spacial score (nSPS) is 11.7. The Bertz CT molecular complexity index is 647. The first-order chi connectivity index (χ1) is 10.6. The Labute approximate surface area is 130 Å². The van der Waals surface area contributed by atoms with Crippen LogP contribution in [0.5, 0.6) is 0 Å². The first-order valence-electron chi connectivity index (χ1n) is 7.44. The molecule has 114 valence electrons. The van der Waals surface area contributed by atoms with E-state index in [4.69, 9.17) is 4.74 Å². The molecule has 0 amide bonds. The van der Waals surface area contributed by atoms with Crippen LogP contribution in [0.15, 0.2) is 54.6 Å². The maximum Gasteiger partial charge on any atom is 0.317 e. The van der Waals surface area contributed by atoms with Gasteiger partial charge in [0.05, 0.1) is 6.61 Å². The molecule has 0 aromatic heterocycles. The van der Waals surface area contributed by atoms with E-state index in [1.54, 1.807) is 31.2 Å². The molecule has 1 atom stereocenters. The predicted octanol–water partition coefficient (Wildman–Crippen LogP) is 3.60. The van der Waals surface area contributed by atoms with Crippen LogP contribution in [0.1, 0.15) is 28.4 Å². The fourth-order valence-electron chi connectivity index (χ4n) is 2.39. The number of hydrogen-bond donors (Lipinski definition) is 0. The van der Waals surface area contributed by atoms with Crippen molar-refractivity contribution in [3.05, 3.63) is 71.3 Å². The van der Waals surface area contributed by atoms with Gasteiger partial charge in [-0.15, -0.1) is 0 Å². The van der Waals surface area contributed by atoms with Crippen LogP contribution in [-0.2, 0) is 16.0 Å². The molecular weight excluding hydrogens is 276 g/mol. The molecule has 0 bridgehead atoms. The van der Waals surface area contributed by atoms with E-state index in [2.05, 4.69) is 0 Å². The van der Waals surface area contributed by atoms with Crippen molar-refractivity contribution in [3.8, 4) is 0 Å². The summed E-state index contributed by atoms with van der Waals surface area (Å²) in [6.07, 6.45) is 0.360. The van der Waals surface area contributed by atoms with Crippen molar-refractivity contribution < 1.29 is 14.3 Å². The van der Waals surface area contributed by atoms with Gasteiger partial charge in [0.1, 0.15) is 5.92 Å². The second-order valence-corrected chi connectivity index (χ2v) is 5.17. The molecule has 3 heteroatoms. The number of hydrogen-bond acceptors (Lipinski definition) is 3. The van der Waals surface area contributed by atoms with E-state index < -0.39 is 11.9 Å². The molecule has 3 nitrogen and oxygen atoms in total. The Morgan fingerprint density at radius 1 is 1.00 bits per heavy atom. The quantitative estimate of drug-likeness (QED) is 0.465. The van der Waals surface area contributed by atoms with Crippen molar-refractivity contribution in [2.24, 2.45) is 5.92 Å². The van der Waals surface area contributed by atoms with E-state index in [0.29, 0.717) is 12.0 Å². The zero-order valence-corrected chi connectivity index (χ0v) is 12.9. The molecule has 2 aromatic carbocycles. The van der Waals surface area contributed by atoms with Gasteiger partial charge in [-0.3, -0.25) is 9.59 Å². The molecule has 0 N–H and O–H groups in total. The molecule has 22 heavy (non-hydrogen) atoms. The summed E-state index contributed by atoms with van der Waals surface area (Å²) >= 11 is 0. The highest BCUT2D eigenvalue weighted by Gasteiger charge is 2.29. The molecule has 0 aliphatic heterocycles. The standard InChI is InChI=1S/C19H20O3/c1-3-22-19(21)17(13-16-12-8-7-9-14(16)2)18(20)15-10-5-4-6-11-15/h4-12,17H,3,13H2,1-2H3.